The van der Waals surface area contributed by atoms with Crippen molar-refractivity contribution in [2.75, 3.05) is 34.0 Å². The second kappa shape index (κ2) is 15.9. The van der Waals surface area contributed by atoms with Gasteiger partial charge in [0.2, 0.25) is 5.91 Å². The van der Waals surface area contributed by atoms with Gasteiger partial charge in [0.25, 0.3) is 0 Å². The minimum atomic E-state index is -0.907. The molecule has 0 bridgehead atoms. The van der Waals surface area contributed by atoms with Crippen LogP contribution in [0.3, 0.4) is 0 Å². The van der Waals surface area contributed by atoms with Gasteiger partial charge in [-0.3, -0.25) is 9.21 Å². The Hall–Kier alpha value is -1.54. The molecule has 7 nitrogen and oxygen atoms in total. The number of benzene rings is 1. The van der Waals surface area contributed by atoms with Crippen molar-refractivity contribution in [3.63, 3.8) is 0 Å². The van der Waals surface area contributed by atoms with Crippen LogP contribution in [-0.2, 0) is 16.0 Å². The monoisotopic (exact) mass is 554 g/mol. The molecule has 38 heavy (non-hydrogen) atoms. The van der Waals surface area contributed by atoms with Gasteiger partial charge in [-0.25, -0.2) is 0 Å². The van der Waals surface area contributed by atoms with Crippen molar-refractivity contribution in [1.82, 2.24) is 4.42 Å². The molecule has 2 rings (SSSR count). The molecular weight excluding hydrogens is 504 g/mol. The summed E-state index contributed by atoms with van der Waals surface area (Å²) in [5.74, 6) is 2.17. The first-order chi connectivity index (χ1) is 18.0. The molecule has 0 aliphatic heterocycles. The number of carbonyl (C=O) groups excluding carboxylic acids is 1. The fourth-order valence-corrected chi connectivity index (χ4v) is 5.80. The highest BCUT2D eigenvalue weighted by atomic mass is 35.5. The van der Waals surface area contributed by atoms with Gasteiger partial charge < -0.3 is 25.1 Å². The number of aliphatic hydroxyl groups excluding tert-OH is 1. The highest BCUT2D eigenvalue weighted by Gasteiger charge is 2.40. The van der Waals surface area contributed by atoms with Crippen molar-refractivity contribution in [2.24, 2.45) is 28.9 Å². The van der Waals surface area contributed by atoms with Crippen LogP contribution in [0.15, 0.2) is 18.2 Å². The second-order valence-corrected chi connectivity index (χ2v) is 12.2. The molecule has 1 aliphatic rings. The third-order valence-electron chi connectivity index (χ3n) is 8.23. The predicted molar refractivity (Wildman–Crippen MR) is 154 cm³/mol. The maximum absolute atomic E-state index is 13.2. The number of hydrogen-bond donors (Lipinski definition) is 2. The van der Waals surface area contributed by atoms with Crippen LogP contribution in [0, 0.1) is 23.2 Å². The van der Waals surface area contributed by atoms with Crippen molar-refractivity contribution < 1.29 is 24.1 Å². The normalized spacial score (nSPS) is 17.2. The summed E-state index contributed by atoms with van der Waals surface area (Å²) in [5.41, 5.74) is 7.05. The van der Waals surface area contributed by atoms with E-state index in [-0.39, 0.29) is 18.4 Å². The number of aliphatic hydroxyl groups is 1. The molecule has 1 fully saturated rings. The molecule has 1 amide bonds. The molecule has 0 spiro atoms. The van der Waals surface area contributed by atoms with Crippen LogP contribution in [0.2, 0.25) is 0 Å². The van der Waals surface area contributed by atoms with Gasteiger partial charge in [0.15, 0.2) is 11.5 Å². The Bertz CT molecular complexity index is 844. The largest absolute Gasteiger partial charge is 0.493 e. The van der Waals surface area contributed by atoms with E-state index >= 15 is 0 Å². The number of methoxy groups -OCH3 is 2. The SMILES string of the molecule is COCCCOc1cc(C[C@@H](C[C@H](N)[C@@H](O)CN(Cl)C(=O)C(C)(C)C2CCCCC2)C(C)C)ccc1OC. The van der Waals surface area contributed by atoms with Gasteiger partial charge in [-0.1, -0.05) is 53.0 Å². The van der Waals surface area contributed by atoms with Crippen molar-refractivity contribution in [3.8, 4) is 11.5 Å². The fourth-order valence-electron chi connectivity index (χ4n) is 5.44. The Balaban J connectivity index is 1.99. The maximum atomic E-state index is 13.2. The molecular formula is C30H51ClN2O5. The van der Waals surface area contributed by atoms with E-state index in [0.29, 0.717) is 43.0 Å². The lowest BCUT2D eigenvalue weighted by Crippen LogP contribution is -2.48. The number of nitrogens with zero attached hydrogens (tertiary/aromatic N) is 1. The molecule has 8 heteroatoms. The standard InChI is InChI=1S/C30H51ClN2O5/c1-21(2)23(17-22-13-14-27(37-6)28(18-22)38-16-10-15-36-5)19-25(32)26(34)20-33(31)29(35)30(3,4)24-11-8-7-9-12-24/h13-14,18,21,23-26,34H,7-12,15-17,19-20,32H2,1-6H3/t23-,25-,26-/m0/s1. The van der Waals surface area contributed by atoms with Crippen molar-refractivity contribution in [1.29, 1.82) is 0 Å². The molecule has 0 unspecified atom stereocenters. The lowest BCUT2D eigenvalue weighted by Gasteiger charge is -2.38. The van der Waals surface area contributed by atoms with Gasteiger partial charge in [0.1, 0.15) is 0 Å². The number of amides is 1. The van der Waals surface area contributed by atoms with Crippen LogP contribution < -0.4 is 15.2 Å². The van der Waals surface area contributed by atoms with Gasteiger partial charge in [-0.05, 0) is 61.1 Å². The van der Waals surface area contributed by atoms with E-state index in [9.17, 15) is 9.90 Å². The maximum Gasteiger partial charge on any atom is 0.242 e. The summed E-state index contributed by atoms with van der Waals surface area (Å²) in [6.45, 7) is 9.49. The van der Waals surface area contributed by atoms with Gasteiger partial charge in [-0.15, -0.1) is 0 Å². The highest BCUT2D eigenvalue weighted by Crippen LogP contribution is 2.40. The van der Waals surface area contributed by atoms with E-state index in [1.165, 1.54) is 10.8 Å². The molecule has 1 aliphatic carbocycles. The van der Waals surface area contributed by atoms with Gasteiger partial charge >= 0.3 is 0 Å². The highest BCUT2D eigenvalue weighted by molar-refractivity contribution is 6.22. The summed E-state index contributed by atoms with van der Waals surface area (Å²) in [6.07, 6.45) is 6.93. The third-order valence-corrected chi connectivity index (χ3v) is 8.52. The van der Waals surface area contributed by atoms with E-state index in [1.54, 1.807) is 14.2 Å². The zero-order chi connectivity index (χ0) is 28.3. The quantitative estimate of drug-likeness (QED) is 0.204. The van der Waals surface area contributed by atoms with Crippen molar-refractivity contribution >= 4 is 17.7 Å². The Kier molecular flexibility index (Phi) is 13.7. The van der Waals surface area contributed by atoms with Crippen LogP contribution in [0.1, 0.15) is 78.2 Å². The van der Waals surface area contributed by atoms with Gasteiger partial charge in [0, 0.05) is 43.4 Å². The Morgan fingerprint density at radius 2 is 1.84 bits per heavy atom. The molecule has 1 aromatic carbocycles. The number of carbonyl (C=O) groups is 1. The molecule has 0 saturated heterocycles. The van der Waals surface area contributed by atoms with Gasteiger partial charge in [-0.2, -0.15) is 0 Å². The minimum Gasteiger partial charge on any atom is -0.493 e. The first-order valence-corrected chi connectivity index (χ1v) is 14.5. The van der Waals surface area contributed by atoms with Crippen LogP contribution in [0.4, 0.5) is 0 Å². The van der Waals surface area contributed by atoms with Crippen LogP contribution >= 0.6 is 11.8 Å². The molecule has 0 heterocycles. The van der Waals surface area contributed by atoms with E-state index in [2.05, 4.69) is 13.8 Å². The Labute approximate surface area is 235 Å². The first-order valence-electron chi connectivity index (χ1n) is 14.2. The zero-order valence-electron chi connectivity index (χ0n) is 24.4. The minimum absolute atomic E-state index is 0.0184. The lowest BCUT2D eigenvalue weighted by molar-refractivity contribution is -0.140. The summed E-state index contributed by atoms with van der Waals surface area (Å²) >= 11 is 6.44. The Morgan fingerprint density at radius 1 is 1.16 bits per heavy atom. The summed E-state index contributed by atoms with van der Waals surface area (Å²) in [4.78, 5) is 13.2. The van der Waals surface area contributed by atoms with E-state index in [4.69, 9.17) is 31.7 Å². The van der Waals surface area contributed by atoms with Crippen LogP contribution in [0.25, 0.3) is 0 Å². The zero-order valence-corrected chi connectivity index (χ0v) is 25.1. The molecule has 1 saturated carbocycles. The molecule has 0 aromatic heterocycles. The van der Waals surface area contributed by atoms with Crippen molar-refractivity contribution in [2.45, 2.75) is 91.2 Å². The van der Waals surface area contributed by atoms with Crippen molar-refractivity contribution in [3.05, 3.63) is 23.8 Å². The number of rotatable bonds is 16. The molecule has 0 radical (unpaired) electrons. The number of halogens is 1. The number of hydrogen-bond acceptors (Lipinski definition) is 6. The summed E-state index contributed by atoms with van der Waals surface area (Å²) in [6, 6.07) is 5.50. The van der Waals surface area contributed by atoms with E-state index < -0.39 is 17.6 Å². The predicted octanol–water partition coefficient (Wildman–Crippen LogP) is 5.59. The smallest absolute Gasteiger partial charge is 0.242 e. The van der Waals surface area contributed by atoms with Gasteiger partial charge in [0.05, 0.1) is 26.4 Å². The summed E-state index contributed by atoms with van der Waals surface area (Å²) < 4.78 is 17.7. The lowest BCUT2D eigenvalue weighted by atomic mass is 9.70. The Morgan fingerprint density at radius 3 is 2.45 bits per heavy atom. The average Bonchev–Trinajstić information content (AvgIpc) is 2.90. The summed E-state index contributed by atoms with van der Waals surface area (Å²) in [5, 5.41) is 10.9. The second-order valence-electron chi connectivity index (χ2n) is 11.8. The molecule has 218 valence electrons. The fraction of sp³-hybridized carbons (Fsp3) is 0.767. The summed E-state index contributed by atoms with van der Waals surface area (Å²) in [7, 11) is 3.31. The number of ether oxygens (including phenoxy) is 3. The average molecular weight is 555 g/mol. The molecule has 3 atom stereocenters. The topological polar surface area (TPSA) is 94.3 Å². The van der Waals surface area contributed by atoms with Crippen LogP contribution in [0.5, 0.6) is 11.5 Å². The van der Waals surface area contributed by atoms with Crippen LogP contribution in [-0.4, -0.2) is 61.6 Å². The van der Waals surface area contributed by atoms with E-state index in [0.717, 1.165) is 44.1 Å². The first kappa shape index (κ1) is 32.7. The van der Waals surface area contributed by atoms with E-state index in [1.807, 2.05) is 32.0 Å². The number of nitrogens with two attached hydrogens (primary N) is 1. The molecule has 3 N–H and O–H groups in total. The molecule has 1 aromatic rings. The third kappa shape index (κ3) is 9.58.